The molecule has 0 spiro atoms. The fourth-order valence-electron chi connectivity index (χ4n) is 2.01. The van der Waals surface area contributed by atoms with Gasteiger partial charge in [-0.25, -0.2) is 5.09 Å². The summed E-state index contributed by atoms with van der Waals surface area (Å²) in [5.74, 6) is 0. The highest BCUT2D eigenvalue weighted by molar-refractivity contribution is 8.55. The van der Waals surface area contributed by atoms with Gasteiger partial charge in [0.2, 0.25) is 0 Å². The summed E-state index contributed by atoms with van der Waals surface area (Å²) in [6, 6.07) is 0.677. The Morgan fingerprint density at radius 3 is 2.40 bits per heavy atom. The van der Waals surface area contributed by atoms with Gasteiger partial charge < -0.3 is 9.84 Å². The van der Waals surface area contributed by atoms with Crippen molar-refractivity contribution >= 4 is 18.1 Å². The average Bonchev–Trinajstić information content (AvgIpc) is 2.29. The molecule has 0 heterocycles. The molecule has 2 N–H and O–H groups in total. The minimum Gasteiger partial charge on any atom is -0.315 e. The molecule has 90 valence electrons. The molecule has 0 aromatic carbocycles. The monoisotopic (exact) mass is 252 g/mol. The first-order valence-electron chi connectivity index (χ1n) is 5.32. The summed E-state index contributed by atoms with van der Waals surface area (Å²) in [5.41, 5.74) is 0. The van der Waals surface area contributed by atoms with Gasteiger partial charge in [-0.2, -0.15) is 0 Å². The van der Waals surface area contributed by atoms with Crippen LogP contribution in [0.25, 0.3) is 0 Å². The van der Waals surface area contributed by atoms with Gasteiger partial charge in [-0.05, 0) is 26.1 Å². The summed E-state index contributed by atoms with van der Waals surface area (Å²) in [5, 5.41) is 6.44. The van der Waals surface area contributed by atoms with E-state index in [1.54, 1.807) is 0 Å². The second-order valence-electron chi connectivity index (χ2n) is 3.78. The third kappa shape index (κ3) is 3.75. The van der Waals surface area contributed by atoms with E-state index in [9.17, 15) is 4.57 Å². The van der Waals surface area contributed by atoms with Crippen LogP contribution in [0.4, 0.5) is 0 Å². The van der Waals surface area contributed by atoms with E-state index in [0.717, 1.165) is 12.8 Å². The molecule has 15 heavy (non-hydrogen) atoms. The van der Waals surface area contributed by atoms with Crippen LogP contribution in [0.2, 0.25) is 0 Å². The SMILES string of the molecule is CNC1CCCCC1NP(=O)(OC)SC. The molecular formula is C9H21N2O2PS. The van der Waals surface area contributed by atoms with Crippen LogP contribution in [0.3, 0.4) is 0 Å². The van der Waals surface area contributed by atoms with Crippen LogP contribution in [-0.4, -0.2) is 32.5 Å². The zero-order valence-corrected chi connectivity index (χ0v) is 11.4. The molecule has 3 atom stereocenters. The fraction of sp³-hybridized carbons (Fsp3) is 1.00. The molecule has 0 radical (unpaired) electrons. The van der Waals surface area contributed by atoms with Crippen LogP contribution in [0.15, 0.2) is 0 Å². The molecule has 0 amide bonds. The van der Waals surface area contributed by atoms with Gasteiger partial charge in [0, 0.05) is 19.2 Å². The molecule has 4 nitrogen and oxygen atoms in total. The van der Waals surface area contributed by atoms with Crippen molar-refractivity contribution in [3.05, 3.63) is 0 Å². The van der Waals surface area contributed by atoms with Crippen molar-refractivity contribution in [3.63, 3.8) is 0 Å². The summed E-state index contributed by atoms with van der Waals surface area (Å²) in [6.07, 6.45) is 6.48. The lowest BCUT2D eigenvalue weighted by Gasteiger charge is -2.33. The minimum absolute atomic E-state index is 0.266. The molecule has 3 unspecified atom stereocenters. The topological polar surface area (TPSA) is 50.4 Å². The van der Waals surface area contributed by atoms with Gasteiger partial charge in [0.05, 0.1) is 0 Å². The van der Waals surface area contributed by atoms with Gasteiger partial charge in [0.15, 0.2) is 0 Å². The van der Waals surface area contributed by atoms with Gasteiger partial charge in [0.25, 0.3) is 0 Å². The Bertz CT molecular complexity index is 232. The van der Waals surface area contributed by atoms with Gasteiger partial charge in [-0.15, -0.1) is 0 Å². The Morgan fingerprint density at radius 2 is 1.93 bits per heavy atom. The molecule has 0 saturated heterocycles. The lowest BCUT2D eigenvalue weighted by atomic mass is 9.91. The van der Waals surface area contributed by atoms with Gasteiger partial charge in [0.1, 0.15) is 0 Å². The largest absolute Gasteiger partial charge is 0.326 e. The Hall–Kier alpha value is 0.460. The number of nitrogens with one attached hydrogen (secondary N) is 2. The standard InChI is InChI=1S/C9H21N2O2PS/c1-10-8-6-4-5-7-9(8)11-14(12,13-2)15-3/h8-10H,4-7H2,1-3H3,(H,11,12). The van der Waals surface area contributed by atoms with Crippen LogP contribution in [0, 0.1) is 0 Å². The molecule has 6 heteroatoms. The number of rotatable bonds is 5. The molecule has 1 saturated carbocycles. The Labute approximate surface area is 96.2 Å². The molecule has 1 fully saturated rings. The van der Waals surface area contributed by atoms with E-state index < -0.39 is 6.72 Å². The van der Waals surface area contributed by atoms with Crippen LogP contribution in [0.1, 0.15) is 25.7 Å². The molecule has 1 aliphatic carbocycles. The highest BCUT2D eigenvalue weighted by Gasteiger charge is 2.30. The zero-order valence-electron chi connectivity index (χ0n) is 9.66. The van der Waals surface area contributed by atoms with Crippen molar-refractivity contribution < 1.29 is 9.09 Å². The normalized spacial score (nSPS) is 31.1. The lowest BCUT2D eigenvalue weighted by molar-refractivity contribution is 0.309. The van der Waals surface area contributed by atoms with Gasteiger partial charge >= 0.3 is 6.72 Å². The van der Waals surface area contributed by atoms with E-state index in [4.69, 9.17) is 4.52 Å². The summed E-state index contributed by atoms with van der Waals surface area (Å²) < 4.78 is 17.1. The maximum Gasteiger partial charge on any atom is 0.326 e. The van der Waals surface area contributed by atoms with E-state index in [0.29, 0.717) is 6.04 Å². The third-order valence-corrected chi connectivity index (χ3v) is 6.76. The summed E-state index contributed by atoms with van der Waals surface area (Å²) in [7, 11) is 3.46. The maximum atomic E-state index is 12.1. The lowest BCUT2D eigenvalue weighted by Crippen LogP contribution is -2.47. The summed E-state index contributed by atoms with van der Waals surface area (Å²) >= 11 is 1.27. The first-order chi connectivity index (χ1) is 7.15. The summed E-state index contributed by atoms with van der Waals surface area (Å²) in [6.45, 7) is -2.67. The van der Waals surface area contributed by atoms with Crippen molar-refractivity contribution in [2.45, 2.75) is 37.8 Å². The van der Waals surface area contributed by atoms with Crippen molar-refractivity contribution in [2.24, 2.45) is 0 Å². The highest BCUT2D eigenvalue weighted by Crippen LogP contribution is 2.54. The molecular weight excluding hydrogens is 231 g/mol. The first kappa shape index (κ1) is 13.5. The predicted molar refractivity (Wildman–Crippen MR) is 66.4 cm³/mol. The highest BCUT2D eigenvalue weighted by atomic mass is 32.7. The number of hydrogen-bond acceptors (Lipinski definition) is 4. The van der Waals surface area contributed by atoms with Crippen molar-refractivity contribution in [3.8, 4) is 0 Å². The molecule has 0 aromatic rings. The fourth-order valence-corrected chi connectivity index (χ4v) is 4.26. The molecule has 0 aromatic heterocycles. The van der Waals surface area contributed by atoms with Crippen molar-refractivity contribution in [1.82, 2.24) is 10.4 Å². The van der Waals surface area contributed by atoms with E-state index in [-0.39, 0.29) is 6.04 Å². The summed E-state index contributed by atoms with van der Waals surface area (Å²) in [4.78, 5) is 0. The number of likely N-dealkylation sites (N-methyl/N-ethyl adjacent to an activating group) is 1. The van der Waals surface area contributed by atoms with Crippen molar-refractivity contribution in [1.29, 1.82) is 0 Å². The molecule has 1 rings (SSSR count). The van der Waals surface area contributed by atoms with E-state index in [1.165, 1.54) is 31.3 Å². The second kappa shape index (κ2) is 6.26. The molecule has 1 aliphatic rings. The van der Waals surface area contributed by atoms with Crippen LogP contribution >= 0.6 is 18.1 Å². The van der Waals surface area contributed by atoms with Crippen LogP contribution in [0.5, 0.6) is 0 Å². The Balaban J connectivity index is 2.57. The van der Waals surface area contributed by atoms with Crippen LogP contribution in [-0.2, 0) is 9.09 Å². The number of hydrogen-bond donors (Lipinski definition) is 2. The Kier molecular flexibility index (Phi) is 5.64. The molecule has 0 aliphatic heterocycles. The van der Waals surface area contributed by atoms with E-state index >= 15 is 0 Å². The molecule has 0 bridgehead atoms. The zero-order chi connectivity index (χ0) is 11.3. The van der Waals surface area contributed by atoms with Gasteiger partial charge in [-0.3, -0.25) is 4.57 Å². The quantitative estimate of drug-likeness (QED) is 0.735. The van der Waals surface area contributed by atoms with Gasteiger partial charge in [-0.1, -0.05) is 24.2 Å². The minimum atomic E-state index is -2.67. The van der Waals surface area contributed by atoms with Crippen molar-refractivity contribution in [2.75, 3.05) is 20.4 Å². The average molecular weight is 252 g/mol. The van der Waals surface area contributed by atoms with E-state index in [1.807, 2.05) is 13.3 Å². The first-order valence-corrected chi connectivity index (χ1v) is 8.77. The predicted octanol–water partition coefficient (Wildman–Crippen LogP) is 2.22. The van der Waals surface area contributed by atoms with Crippen LogP contribution < -0.4 is 10.4 Å². The third-order valence-electron chi connectivity index (χ3n) is 2.94. The van der Waals surface area contributed by atoms with E-state index in [2.05, 4.69) is 10.4 Å². The maximum absolute atomic E-state index is 12.1. The Morgan fingerprint density at radius 1 is 1.33 bits per heavy atom. The second-order valence-corrected chi connectivity index (χ2v) is 8.30. The smallest absolute Gasteiger partial charge is 0.315 e.